The topological polar surface area (TPSA) is 92.2 Å². The van der Waals surface area contributed by atoms with E-state index in [2.05, 4.69) is 47.9 Å². The van der Waals surface area contributed by atoms with Crippen LogP contribution in [0.5, 0.6) is 0 Å². The third-order valence-electron chi connectivity index (χ3n) is 4.32. The van der Waals surface area contributed by atoms with Crippen LogP contribution >= 0.6 is 31.9 Å². The summed E-state index contributed by atoms with van der Waals surface area (Å²) in [6.07, 6.45) is 0.707. The highest BCUT2D eigenvalue weighted by molar-refractivity contribution is 9.10. The minimum absolute atomic E-state index is 0.187. The molecule has 0 aliphatic rings. The molecule has 0 atom stereocenters. The van der Waals surface area contributed by atoms with Gasteiger partial charge in [-0.25, -0.2) is 4.68 Å². The zero-order chi connectivity index (χ0) is 21.8. The lowest BCUT2D eigenvalue weighted by atomic mass is 10.2. The van der Waals surface area contributed by atoms with E-state index in [1.807, 2.05) is 32.0 Å². The van der Waals surface area contributed by atoms with Crippen molar-refractivity contribution in [1.29, 1.82) is 0 Å². The van der Waals surface area contributed by atoms with E-state index >= 15 is 0 Å². The molecule has 9 heteroatoms. The zero-order valence-electron chi connectivity index (χ0n) is 16.4. The average Bonchev–Trinajstić information content (AvgIpc) is 3.05. The molecule has 2 aromatic carbocycles. The Morgan fingerprint density at radius 1 is 1.00 bits per heavy atom. The smallest absolute Gasteiger partial charge is 0.328 e. The number of nitrogens with one attached hydrogen (secondary N) is 3. The van der Waals surface area contributed by atoms with Gasteiger partial charge in [0.05, 0.1) is 11.2 Å². The van der Waals surface area contributed by atoms with Crippen LogP contribution in [-0.2, 0) is 9.59 Å². The van der Waals surface area contributed by atoms with E-state index in [1.54, 1.807) is 24.3 Å². The predicted molar refractivity (Wildman–Crippen MR) is 124 cm³/mol. The van der Waals surface area contributed by atoms with Crippen molar-refractivity contribution in [3.05, 3.63) is 62.7 Å². The van der Waals surface area contributed by atoms with Gasteiger partial charge in [-0.15, -0.1) is 0 Å². The van der Waals surface area contributed by atoms with Gasteiger partial charge in [0.1, 0.15) is 5.69 Å². The molecular formula is C21H20Br2N4O3. The number of aromatic nitrogens is 1. The van der Waals surface area contributed by atoms with Gasteiger partial charge in [-0.05, 0) is 71.2 Å². The number of benzene rings is 2. The van der Waals surface area contributed by atoms with E-state index in [1.165, 1.54) is 4.68 Å². The molecule has 3 rings (SSSR count). The van der Waals surface area contributed by atoms with Crippen molar-refractivity contribution in [2.24, 2.45) is 0 Å². The summed E-state index contributed by atoms with van der Waals surface area (Å²) in [6, 6.07) is 12.6. The predicted octanol–water partition coefficient (Wildman–Crippen LogP) is 4.32. The first-order valence-corrected chi connectivity index (χ1v) is 10.9. The Labute approximate surface area is 190 Å². The second-order valence-corrected chi connectivity index (χ2v) is 8.47. The first-order chi connectivity index (χ1) is 14.3. The van der Waals surface area contributed by atoms with Gasteiger partial charge in [-0.2, -0.15) is 0 Å². The normalized spacial score (nSPS) is 10.7. The number of anilines is 1. The first-order valence-electron chi connectivity index (χ1n) is 9.28. The second kappa shape index (κ2) is 9.44. The number of amides is 3. The van der Waals surface area contributed by atoms with E-state index in [0.29, 0.717) is 24.2 Å². The molecule has 0 saturated carbocycles. The number of hydrogen-bond donors (Lipinski definition) is 3. The van der Waals surface area contributed by atoms with Gasteiger partial charge in [0.2, 0.25) is 0 Å². The van der Waals surface area contributed by atoms with Crippen molar-refractivity contribution in [2.75, 3.05) is 17.3 Å². The number of halogens is 2. The fourth-order valence-electron chi connectivity index (χ4n) is 2.85. The molecule has 3 aromatic rings. The Hall–Kier alpha value is -2.65. The molecule has 0 radical (unpaired) electrons. The lowest BCUT2D eigenvalue weighted by Gasteiger charge is -2.13. The third kappa shape index (κ3) is 4.91. The van der Waals surface area contributed by atoms with E-state index < -0.39 is 17.7 Å². The fourth-order valence-corrected chi connectivity index (χ4v) is 3.82. The largest absolute Gasteiger partial charge is 0.348 e. The summed E-state index contributed by atoms with van der Waals surface area (Å²) in [5.41, 5.74) is 4.94. The van der Waals surface area contributed by atoms with Crippen molar-refractivity contribution in [3.63, 3.8) is 0 Å². The Morgan fingerprint density at radius 2 is 1.77 bits per heavy atom. The molecule has 0 unspecified atom stereocenters. The first kappa shape index (κ1) is 22.0. The summed E-state index contributed by atoms with van der Waals surface area (Å²) in [7, 11) is 0. The number of hydrogen-bond acceptors (Lipinski definition) is 3. The maximum absolute atomic E-state index is 13.0. The third-order valence-corrected chi connectivity index (χ3v) is 5.47. The molecule has 1 aromatic heterocycles. The minimum atomic E-state index is -0.852. The summed E-state index contributed by atoms with van der Waals surface area (Å²) in [5.74, 6) is -2.04. The molecule has 3 amide bonds. The molecule has 30 heavy (non-hydrogen) atoms. The number of aryl methyl sites for hydroxylation is 1. The van der Waals surface area contributed by atoms with E-state index in [0.717, 1.165) is 19.9 Å². The van der Waals surface area contributed by atoms with Crippen molar-refractivity contribution < 1.29 is 14.4 Å². The molecule has 0 fully saturated rings. The van der Waals surface area contributed by atoms with Gasteiger partial charge in [0.15, 0.2) is 0 Å². The quantitative estimate of drug-likeness (QED) is 0.425. The fraction of sp³-hybridized carbons (Fsp3) is 0.190. The van der Waals surface area contributed by atoms with Gasteiger partial charge in [-0.3, -0.25) is 19.8 Å². The molecule has 0 aliphatic carbocycles. The van der Waals surface area contributed by atoms with Crippen molar-refractivity contribution in [1.82, 2.24) is 9.99 Å². The Kier molecular flexibility index (Phi) is 6.94. The van der Waals surface area contributed by atoms with Crippen LogP contribution in [0.4, 0.5) is 5.69 Å². The molecule has 156 valence electrons. The van der Waals surface area contributed by atoms with Crippen LogP contribution in [0, 0.1) is 6.92 Å². The van der Waals surface area contributed by atoms with Crippen LogP contribution in [0.15, 0.2) is 51.4 Å². The SMILES string of the molecule is CCCNC(=O)C(=O)Nn1c(C(=O)Nc2ccc(C)cc2Br)cc2cc(Br)ccc21. The maximum Gasteiger partial charge on any atom is 0.328 e. The monoisotopic (exact) mass is 534 g/mol. The Balaban J connectivity index is 1.96. The Bertz CT molecular complexity index is 1140. The number of carbonyl (C=O) groups is 3. The highest BCUT2D eigenvalue weighted by Crippen LogP contribution is 2.26. The van der Waals surface area contributed by atoms with Crippen LogP contribution in [0.2, 0.25) is 0 Å². The summed E-state index contributed by atoms with van der Waals surface area (Å²) >= 11 is 6.85. The lowest BCUT2D eigenvalue weighted by molar-refractivity contribution is -0.136. The summed E-state index contributed by atoms with van der Waals surface area (Å²) in [5, 5.41) is 6.09. The van der Waals surface area contributed by atoms with E-state index in [4.69, 9.17) is 0 Å². The molecule has 7 nitrogen and oxygen atoms in total. The molecular weight excluding hydrogens is 516 g/mol. The van der Waals surface area contributed by atoms with Crippen LogP contribution in [0.25, 0.3) is 10.9 Å². The number of fused-ring (bicyclic) bond motifs is 1. The van der Waals surface area contributed by atoms with Gasteiger partial charge in [0.25, 0.3) is 5.91 Å². The highest BCUT2D eigenvalue weighted by Gasteiger charge is 2.21. The van der Waals surface area contributed by atoms with Gasteiger partial charge in [0, 0.05) is 20.9 Å². The van der Waals surface area contributed by atoms with Crippen molar-refractivity contribution >= 4 is 66.2 Å². The summed E-state index contributed by atoms with van der Waals surface area (Å²) in [4.78, 5) is 37.4. The number of rotatable bonds is 5. The number of nitrogens with zero attached hydrogens (tertiary/aromatic N) is 1. The lowest BCUT2D eigenvalue weighted by Crippen LogP contribution is -2.40. The Morgan fingerprint density at radius 3 is 2.47 bits per heavy atom. The summed E-state index contributed by atoms with van der Waals surface area (Å²) in [6.45, 7) is 4.23. The minimum Gasteiger partial charge on any atom is -0.348 e. The molecule has 0 aliphatic heterocycles. The van der Waals surface area contributed by atoms with Crippen LogP contribution < -0.4 is 16.1 Å². The van der Waals surface area contributed by atoms with Crippen molar-refractivity contribution in [3.8, 4) is 0 Å². The molecule has 0 spiro atoms. The van der Waals surface area contributed by atoms with E-state index in [-0.39, 0.29) is 5.69 Å². The van der Waals surface area contributed by atoms with Crippen LogP contribution in [0.1, 0.15) is 29.4 Å². The molecule has 0 bridgehead atoms. The number of carbonyl (C=O) groups excluding carboxylic acids is 3. The standard InChI is InChI=1S/C21H20Br2N4O3/c1-3-8-24-20(29)21(30)26-27-17-7-5-14(22)10-13(17)11-18(27)19(28)25-16-6-4-12(2)9-15(16)23/h4-7,9-11H,3,8H2,1-2H3,(H,24,29)(H,25,28)(H,26,30). The van der Waals surface area contributed by atoms with Gasteiger partial charge in [-0.1, -0.05) is 28.9 Å². The van der Waals surface area contributed by atoms with Crippen molar-refractivity contribution in [2.45, 2.75) is 20.3 Å². The molecule has 1 heterocycles. The zero-order valence-corrected chi connectivity index (χ0v) is 19.6. The maximum atomic E-state index is 13.0. The molecule has 3 N–H and O–H groups in total. The van der Waals surface area contributed by atoms with Crippen LogP contribution in [0.3, 0.4) is 0 Å². The summed E-state index contributed by atoms with van der Waals surface area (Å²) < 4.78 is 2.89. The molecule has 0 saturated heterocycles. The average molecular weight is 536 g/mol. The van der Waals surface area contributed by atoms with Gasteiger partial charge >= 0.3 is 11.8 Å². The van der Waals surface area contributed by atoms with Crippen LogP contribution in [-0.4, -0.2) is 28.9 Å². The van der Waals surface area contributed by atoms with E-state index in [9.17, 15) is 14.4 Å². The second-order valence-electron chi connectivity index (χ2n) is 6.70. The highest BCUT2D eigenvalue weighted by atomic mass is 79.9. The van der Waals surface area contributed by atoms with Gasteiger partial charge < -0.3 is 10.6 Å².